The van der Waals surface area contributed by atoms with Crippen molar-refractivity contribution in [1.29, 1.82) is 5.26 Å². The van der Waals surface area contributed by atoms with Gasteiger partial charge < -0.3 is 15.2 Å². The van der Waals surface area contributed by atoms with Gasteiger partial charge in [-0.05, 0) is 25.0 Å². The molecule has 1 aliphatic rings. The topological polar surface area (TPSA) is 114 Å². The van der Waals surface area contributed by atoms with Crippen LogP contribution in [0.4, 0.5) is 0 Å². The molecule has 26 heavy (non-hydrogen) atoms. The summed E-state index contributed by atoms with van der Waals surface area (Å²) >= 11 is 0. The van der Waals surface area contributed by atoms with E-state index in [1.54, 1.807) is 26.2 Å². The van der Waals surface area contributed by atoms with Gasteiger partial charge in [0.15, 0.2) is 0 Å². The van der Waals surface area contributed by atoms with Crippen molar-refractivity contribution in [2.24, 2.45) is 5.73 Å². The van der Waals surface area contributed by atoms with Gasteiger partial charge in [-0.1, -0.05) is 24.3 Å². The van der Waals surface area contributed by atoms with Crippen molar-refractivity contribution in [3.05, 3.63) is 65.0 Å². The summed E-state index contributed by atoms with van der Waals surface area (Å²) in [7, 11) is 0. The van der Waals surface area contributed by atoms with Crippen LogP contribution >= 0.6 is 0 Å². The second-order valence-electron chi connectivity index (χ2n) is 5.73. The molecule has 0 spiro atoms. The van der Waals surface area contributed by atoms with E-state index in [0.717, 1.165) is 16.7 Å². The lowest BCUT2D eigenvalue weighted by Crippen LogP contribution is -2.25. The third-order valence-electron chi connectivity index (χ3n) is 4.15. The second kappa shape index (κ2) is 7.15. The van der Waals surface area contributed by atoms with Gasteiger partial charge in [0.05, 0.1) is 24.3 Å². The molecule has 1 aromatic heterocycles. The van der Waals surface area contributed by atoms with Gasteiger partial charge in [-0.2, -0.15) is 10.4 Å². The molecule has 0 saturated heterocycles. The van der Waals surface area contributed by atoms with Crippen LogP contribution in [0.5, 0.6) is 0 Å². The van der Waals surface area contributed by atoms with Gasteiger partial charge in [0, 0.05) is 11.8 Å². The Morgan fingerprint density at radius 2 is 2.27 bits per heavy atom. The molecule has 0 saturated carbocycles. The van der Waals surface area contributed by atoms with E-state index in [9.17, 15) is 10.1 Å². The summed E-state index contributed by atoms with van der Waals surface area (Å²) in [4.78, 5) is 12.5. The molecule has 2 aromatic rings. The van der Waals surface area contributed by atoms with Crippen molar-refractivity contribution >= 4 is 5.97 Å². The van der Waals surface area contributed by atoms with Crippen LogP contribution in [0.2, 0.25) is 0 Å². The lowest BCUT2D eigenvalue weighted by Gasteiger charge is -2.27. The van der Waals surface area contributed by atoms with Crippen molar-refractivity contribution in [2.75, 3.05) is 6.61 Å². The van der Waals surface area contributed by atoms with Gasteiger partial charge >= 0.3 is 5.97 Å². The van der Waals surface area contributed by atoms with Crippen LogP contribution in [0.3, 0.4) is 0 Å². The third kappa shape index (κ3) is 3.05. The molecule has 7 nitrogen and oxygen atoms in total. The molecule has 1 aliphatic heterocycles. The van der Waals surface area contributed by atoms with E-state index >= 15 is 0 Å². The molecule has 0 fully saturated rings. The third-order valence-corrected chi connectivity index (χ3v) is 4.15. The van der Waals surface area contributed by atoms with E-state index in [1.807, 2.05) is 24.3 Å². The van der Waals surface area contributed by atoms with E-state index in [4.69, 9.17) is 15.2 Å². The molecule has 1 unspecified atom stereocenters. The Hall–Kier alpha value is -3.53. The summed E-state index contributed by atoms with van der Waals surface area (Å²) in [5, 5.41) is 16.3. The molecule has 0 bridgehead atoms. The molecule has 132 valence electrons. The molecule has 0 amide bonds. The highest BCUT2D eigenvalue weighted by atomic mass is 16.5. The van der Waals surface area contributed by atoms with Crippen molar-refractivity contribution in [3.63, 3.8) is 0 Å². The Labute approximate surface area is 150 Å². The number of allylic oxidation sites excluding steroid dienone is 2. The summed E-state index contributed by atoms with van der Waals surface area (Å²) in [5.74, 6) is -0.848. The second-order valence-corrected chi connectivity index (χ2v) is 5.73. The molecule has 2 heterocycles. The van der Waals surface area contributed by atoms with Crippen LogP contribution in [-0.4, -0.2) is 22.8 Å². The van der Waals surface area contributed by atoms with Gasteiger partial charge in [-0.3, -0.25) is 5.10 Å². The number of carbonyl (C=O) groups is 1. The minimum atomic E-state index is -0.653. The lowest BCUT2D eigenvalue weighted by atomic mass is 9.82. The Kier molecular flexibility index (Phi) is 4.76. The number of benzene rings is 1. The van der Waals surface area contributed by atoms with E-state index in [-0.39, 0.29) is 23.6 Å². The van der Waals surface area contributed by atoms with E-state index < -0.39 is 11.9 Å². The van der Waals surface area contributed by atoms with Crippen LogP contribution in [0.25, 0.3) is 11.1 Å². The van der Waals surface area contributed by atoms with Crippen LogP contribution in [0, 0.1) is 11.3 Å². The number of hydrogen-bond acceptors (Lipinski definition) is 6. The van der Waals surface area contributed by atoms with Crippen LogP contribution in [0.15, 0.2) is 59.4 Å². The Morgan fingerprint density at radius 1 is 1.46 bits per heavy atom. The fourth-order valence-corrected chi connectivity index (χ4v) is 2.99. The van der Waals surface area contributed by atoms with Crippen LogP contribution in [0.1, 0.15) is 25.3 Å². The van der Waals surface area contributed by atoms with E-state index in [2.05, 4.69) is 16.3 Å². The summed E-state index contributed by atoms with van der Waals surface area (Å²) in [6, 6.07) is 9.60. The number of nitrogens with zero attached hydrogens (tertiary/aromatic N) is 2. The van der Waals surface area contributed by atoms with Crippen molar-refractivity contribution in [3.8, 4) is 17.2 Å². The average molecular weight is 350 g/mol. The summed E-state index contributed by atoms with van der Waals surface area (Å²) in [5.41, 5.74) is 8.92. The van der Waals surface area contributed by atoms with E-state index in [1.165, 1.54) is 0 Å². The number of carbonyl (C=O) groups excluding carboxylic acids is 1. The largest absolute Gasteiger partial charge is 0.463 e. The highest BCUT2D eigenvalue weighted by Crippen LogP contribution is 2.40. The predicted molar refractivity (Wildman–Crippen MR) is 94.0 cm³/mol. The number of aromatic nitrogens is 2. The lowest BCUT2D eigenvalue weighted by molar-refractivity contribution is -0.139. The van der Waals surface area contributed by atoms with Gasteiger partial charge in [-0.25, -0.2) is 4.79 Å². The number of nitriles is 1. The molecule has 3 N–H and O–H groups in total. The summed E-state index contributed by atoms with van der Waals surface area (Å²) in [6.07, 6.45) is 3.47. The zero-order valence-electron chi connectivity index (χ0n) is 14.4. The molecule has 0 aliphatic carbocycles. The van der Waals surface area contributed by atoms with Crippen molar-refractivity contribution in [2.45, 2.75) is 19.8 Å². The number of nitrogens with two attached hydrogens (primary N) is 1. The first-order valence-corrected chi connectivity index (χ1v) is 8.11. The van der Waals surface area contributed by atoms with Gasteiger partial charge in [0.25, 0.3) is 0 Å². The van der Waals surface area contributed by atoms with E-state index in [0.29, 0.717) is 5.76 Å². The van der Waals surface area contributed by atoms with Crippen LogP contribution < -0.4 is 5.73 Å². The van der Waals surface area contributed by atoms with Gasteiger partial charge in [0.2, 0.25) is 5.88 Å². The molecule has 1 aromatic carbocycles. The number of rotatable bonds is 4. The van der Waals surface area contributed by atoms with Crippen molar-refractivity contribution in [1.82, 2.24) is 10.2 Å². The fraction of sp³-hybridized carbons (Fsp3) is 0.211. The Morgan fingerprint density at radius 3 is 2.92 bits per heavy atom. The molecule has 0 radical (unpaired) electrons. The fourth-order valence-electron chi connectivity index (χ4n) is 2.99. The normalized spacial score (nSPS) is 16.9. The smallest absolute Gasteiger partial charge is 0.338 e. The highest BCUT2D eigenvalue weighted by molar-refractivity contribution is 5.92. The number of H-pyrrole nitrogens is 1. The molecule has 7 heteroatoms. The number of aromatic amines is 1. The Bertz CT molecular complexity index is 936. The quantitative estimate of drug-likeness (QED) is 0.820. The predicted octanol–water partition coefficient (Wildman–Crippen LogP) is 2.72. The molecule has 1 atom stereocenters. The maximum atomic E-state index is 12.5. The van der Waals surface area contributed by atoms with Crippen LogP contribution in [-0.2, 0) is 14.3 Å². The molecular formula is C19H18N4O3. The SMILES string of the molecule is CCOC(=O)C1=C(C)OC(N)=C(C#N)C1c1cccc(-c2cn[nH]c2)c1. The first-order valence-electron chi connectivity index (χ1n) is 8.11. The maximum absolute atomic E-state index is 12.5. The average Bonchev–Trinajstić information content (AvgIpc) is 3.16. The summed E-state index contributed by atoms with van der Waals surface area (Å²) in [6.45, 7) is 3.58. The monoisotopic (exact) mass is 350 g/mol. The van der Waals surface area contributed by atoms with Gasteiger partial charge in [-0.15, -0.1) is 0 Å². The molecule has 3 rings (SSSR count). The number of esters is 1. The zero-order valence-corrected chi connectivity index (χ0v) is 14.4. The number of hydrogen-bond donors (Lipinski definition) is 2. The van der Waals surface area contributed by atoms with Gasteiger partial charge in [0.1, 0.15) is 17.4 Å². The summed E-state index contributed by atoms with van der Waals surface area (Å²) < 4.78 is 10.6. The highest BCUT2D eigenvalue weighted by Gasteiger charge is 2.36. The van der Waals surface area contributed by atoms with Crippen molar-refractivity contribution < 1.29 is 14.3 Å². The minimum Gasteiger partial charge on any atom is -0.463 e. The molecular weight excluding hydrogens is 332 g/mol. The minimum absolute atomic E-state index is 0.00300. The zero-order chi connectivity index (χ0) is 18.7. The number of ether oxygens (including phenoxy) is 2. The Balaban J connectivity index is 2.14. The number of nitrogens with one attached hydrogen (secondary N) is 1. The maximum Gasteiger partial charge on any atom is 0.338 e. The first kappa shape index (κ1) is 17.3. The standard InChI is InChI=1S/C19H18N4O3/c1-3-25-19(24)16-11(2)26-18(21)15(8-20)17(16)13-6-4-5-12(7-13)14-9-22-23-10-14/h4-7,9-10,17H,3,21H2,1-2H3,(H,22,23). The first-order chi connectivity index (χ1) is 12.6.